The Bertz CT molecular complexity index is 2060. The maximum absolute atomic E-state index is 14.0. The van der Waals surface area contributed by atoms with Gasteiger partial charge >= 0.3 is 27.5 Å². The molecule has 0 radical (unpaired) electrons. The molecule has 7 rings (SSSR count). The number of aliphatic carboxylic acids is 2. The normalized spacial score (nSPS) is 37.4. The summed E-state index contributed by atoms with van der Waals surface area (Å²) in [4.78, 5) is 28.1. The Morgan fingerprint density at radius 3 is 2.20 bits per heavy atom. The van der Waals surface area contributed by atoms with E-state index in [9.17, 15) is 41.4 Å². The fraction of sp³-hybridized carbons (Fsp3) is 0.711. The molecular formula is C45H61ClF3N3O6S. The third-order valence-electron chi connectivity index (χ3n) is 17.7. The number of alkyl halides is 3. The Kier molecular flexibility index (Phi) is 10.9. The minimum Gasteiger partial charge on any atom is -0.480 e. The summed E-state index contributed by atoms with van der Waals surface area (Å²) in [6.07, 6.45) is 14.5. The van der Waals surface area contributed by atoms with Gasteiger partial charge in [0, 0.05) is 24.8 Å². The van der Waals surface area contributed by atoms with E-state index in [0.717, 1.165) is 75.1 Å². The average Bonchev–Trinajstić information content (AvgIpc) is 3.53. The number of rotatable bonds is 10. The largest absolute Gasteiger partial charge is 0.516 e. The molecule has 326 valence electrons. The molecular weight excluding hydrogens is 803 g/mol. The van der Waals surface area contributed by atoms with Crippen LogP contribution in [0.5, 0.6) is 0 Å². The number of carbonyl (C=O) groups is 2. The van der Waals surface area contributed by atoms with Gasteiger partial charge in [0.15, 0.2) is 5.41 Å². The Morgan fingerprint density at radius 2 is 1.63 bits per heavy atom. The van der Waals surface area contributed by atoms with E-state index < -0.39 is 39.4 Å². The quantitative estimate of drug-likeness (QED) is 0.156. The summed E-state index contributed by atoms with van der Waals surface area (Å²) in [6.45, 7) is 18.3. The van der Waals surface area contributed by atoms with Crippen molar-refractivity contribution in [2.45, 2.75) is 130 Å². The van der Waals surface area contributed by atoms with Gasteiger partial charge in [0.05, 0.1) is 5.02 Å². The summed E-state index contributed by atoms with van der Waals surface area (Å²) in [5.41, 5.74) is -4.40. The van der Waals surface area contributed by atoms with Gasteiger partial charge in [0.25, 0.3) is 0 Å². The van der Waals surface area contributed by atoms with Crippen molar-refractivity contribution in [3.05, 3.63) is 58.8 Å². The van der Waals surface area contributed by atoms with E-state index in [1.165, 1.54) is 17.7 Å². The van der Waals surface area contributed by atoms with Gasteiger partial charge in [-0.05, 0) is 159 Å². The number of hydrogen-bond donors (Lipinski definition) is 3. The molecule has 1 aromatic heterocycles. The Morgan fingerprint density at radius 1 is 0.932 bits per heavy atom. The molecule has 9 atom stereocenters. The lowest BCUT2D eigenvalue weighted by Crippen LogP contribution is -2.68. The maximum atomic E-state index is 14.0. The van der Waals surface area contributed by atoms with Crippen LogP contribution in [0, 0.1) is 56.7 Å². The standard InChI is InChI=1S/C45H61ClF3N3O6S/c1-27(2)30-14-21-44(51-24-25-52(59(57,58)45(47,48)49)35-11-8-29(46)26-50-35)23-22-41(6)32(36(30)44)9-10-34-40(5)17-15-31(39(3,4)33(40)16-18-42(34,41)7)28-12-19-43(20-13-28,37(53)54)38(55)56/h8,11-12,15,26,30,32-34,36,51H,1,9-10,13-14,16-25H2,2-7H3,(H,53,54)(H,55,56). The van der Waals surface area contributed by atoms with Crippen LogP contribution in [0.2, 0.25) is 5.02 Å². The molecule has 14 heteroatoms. The van der Waals surface area contributed by atoms with Gasteiger partial charge in [-0.2, -0.15) is 21.6 Å². The number of aromatic nitrogens is 1. The van der Waals surface area contributed by atoms with E-state index in [1.807, 2.05) is 6.08 Å². The first-order chi connectivity index (χ1) is 27.3. The van der Waals surface area contributed by atoms with Crippen molar-refractivity contribution in [1.29, 1.82) is 0 Å². The van der Waals surface area contributed by atoms with Crippen LogP contribution in [0.1, 0.15) is 119 Å². The van der Waals surface area contributed by atoms with E-state index >= 15 is 0 Å². The summed E-state index contributed by atoms with van der Waals surface area (Å²) < 4.78 is 68.0. The van der Waals surface area contributed by atoms with E-state index in [2.05, 4.69) is 64.5 Å². The highest BCUT2D eigenvalue weighted by Crippen LogP contribution is 2.76. The minimum atomic E-state index is -5.73. The number of halogens is 4. The molecule has 9 nitrogen and oxygen atoms in total. The number of anilines is 1. The summed E-state index contributed by atoms with van der Waals surface area (Å²) in [5, 5.41) is 23.6. The number of carboxylic acids is 2. The summed E-state index contributed by atoms with van der Waals surface area (Å²) >= 11 is 5.95. The molecule has 0 aliphatic heterocycles. The van der Waals surface area contributed by atoms with Crippen LogP contribution in [0.3, 0.4) is 0 Å². The van der Waals surface area contributed by atoms with Crippen LogP contribution in [0.4, 0.5) is 19.0 Å². The average molecular weight is 865 g/mol. The van der Waals surface area contributed by atoms with E-state index in [-0.39, 0.29) is 69.3 Å². The fourth-order valence-electron chi connectivity index (χ4n) is 14.6. The van der Waals surface area contributed by atoms with Crippen LogP contribution in [-0.4, -0.2) is 59.7 Å². The fourth-order valence-corrected chi connectivity index (χ4v) is 15.6. The molecule has 1 aromatic rings. The zero-order valence-electron chi connectivity index (χ0n) is 35.2. The number of sulfonamides is 1. The van der Waals surface area contributed by atoms with Crippen LogP contribution in [0.15, 0.2) is 53.8 Å². The molecule has 0 aromatic carbocycles. The summed E-state index contributed by atoms with van der Waals surface area (Å²) in [6, 6.07) is 2.53. The molecule has 1 heterocycles. The van der Waals surface area contributed by atoms with Crippen LogP contribution in [0.25, 0.3) is 0 Å². The topological polar surface area (TPSA) is 137 Å². The Labute approximate surface area is 352 Å². The van der Waals surface area contributed by atoms with Gasteiger partial charge in [-0.3, -0.25) is 9.59 Å². The SMILES string of the molecule is C=C(C)C1CCC2(NCCN(c3ccc(Cl)cn3)S(=O)(=O)C(F)(F)F)CCC3(C)C(CCC4C5(C)CC=C(C6=CCC(C(=O)O)(C(=O)O)CC6)C(C)(C)C5CCC43C)C12. The van der Waals surface area contributed by atoms with Gasteiger partial charge in [0.2, 0.25) is 0 Å². The molecule has 4 fully saturated rings. The molecule has 6 aliphatic rings. The Hall–Kier alpha value is -2.90. The van der Waals surface area contributed by atoms with Gasteiger partial charge in [-0.1, -0.05) is 70.5 Å². The van der Waals surface area contributed by atoms with E-state index in [0.29, 0.717) is 28.5 Å². The number of pyridine rings is 1. The second-order valence-electron chi connectivity index (χ2n) is 20.3. The van der Waals surface area contributed by atoms with Crippen molar-refractivity contribution >= 4 is 39.4 Å². The van der Waals surface area contributed by atoms with Crippen LogP contribution in [-0.2, 0) is 19.6 Å². The van der Waals surface area contributed by atoms with E-state index in [1.54, 1.807) is 0 Å². The minimum absolute atomic E-state index is 0.00838. The van der Waals surface area contributed by atoms with Crippen LogP contribution < -0.4 is 9.62 Å². The highest BCUT2D eigenvalue weighted by Gasteiger charge is 2.70. The molecule has 0 amide bonds. The number of nitrogens with one attached hydrogen (secondary N) is 1. The summed E-state index contributed by atoms with van der Waals surface area (Å²) in [5.74, 6) is -1.31. The van der Waals surface area contributed by atoms with Gasteiger partial charge in [0.1, 0.15) is 5.82 Å². The highest BCUT2D eigenvalue weighted by atomic mass is 35.5. The van der Waals surface area contributed by atoms with Gasteiger partial charge in [-0.25, -0.2) is 9.29 Å². The van der Waals surface area contributed by atoms with Gasteiger partial charge < -0.3 is 15.5 Å². The third-order valence-corrected chi connectivity index (χ3v) is 19.4. The second-order valence-corrected chi connectivity index (χ2v) is 22.6. The first-order valence-corrected chi connectivity index (χ1v) is 23.1. The highest BCUT2D eigenvalue weighted by molar-refractivity contribution is 7.93. The molecule has 9 unspecified atom stereocenters. The van der Waals surface area contributed by atoms with E-state index in [4.69, 9.17) is 11.6 Å². The number of fused-ring (bicyclic) bond motifs is 7. The molecule has 0 saturated heterocycles. The van der Waals surface area contributed by atoms with Crippen molar-refractivity contribution < 1.29 is 41.4 Å². The predicted octanol–water partition coefficient (Wildman–Crippen LogP) is 10.2. The zero-order valence-corrected chi connectivity index (χ0v) is 36.8. The number of carboxylic acid groups (broad SMARTS) is 2. The van der Waals surface area contributed by atoms with Crippen molar-refractivity contribution in [2.75, 3.05) is 17.4 Å². The lowest BCUT2D eigenvalue weighted by Gasteiger charge is -2.72. The molecule has 3 N–H and O–H groups in total. The molecule has 59 heavy (non-hydrogen) atoms. The molecule has 0 spiro atoms. The van der Waals surface area contributed by atoms with Crippen molar-refractivity contribution in [2.24, 2.45) is 56.7 Å². The van der Waals surface area contributed by atoms with Crippen molar-refractivity contribution in [3.63, 3.8) is 0 Å². The number of allylic oxidation sites excluding steroid dienone is 5. The molecule has 4 saturated carbocycles. The Balaban J connectivity index is 1.16. The van der Waals surface area contributed by atoms with Crippen molar-refractivity contribution in [3.8, 4) is 0 Å². The first-order valence-electron chi connectivity index (χ1n) is 21.3. The summed E-state index contributed by atoms with van der Waals surface area (Å²) in [7, 11) is -5.73. The lowest BCUT2D eigenvalue weighted by molar-refractivity contribution is -0.221. The monoisotopic (exact) mass is 863 g/mol. The number of nitrogens with zero attached hydrogens (tertiary/aromatic N) is 2. The first kappa shape index (κ1) is 44.2. The van der Waals surface area contributed by atoms with Crippen molar-refractivity contribution in [1.82, 2.24) is 10.3 Å². The lowest BCUT2D eigenvalue weighted by atomic mass is 9.33. The van der Waals surface area contributed by atoms with Crippen LogP contribution >= 0.6 is 11.6 Å². The smallest absolute Gasteiger partial charge is 0.480 e. The third kappa shape index (κ3) is 6.54. The number of hydrogen-bond acceptors (Lipinski definition) is 6. The maximum Gasteiger partial charge on any atom is 0.516 e. The second kappa shape index (κ2) is 14.6. The zero-order chi connectivity index (χ0) is 43.4. The molecule has 0 bridgehead atoms. The predicted molar refractivity (Wildman–Crippen MR) is 222 cm³/mol. The van der Waals surface area contributed by atoms with Gasteiger partial charge in [-0.15, -0.1) is 0 Å². The molecule has 6 aliphatic carbocycles.